The third kappa shape index (κ3) is 10.7. The van der Waals surface area contributed by atoms with Crippen LogP contribution < -0.4 is 5.32 Å². The van der Waals surface area contributed by atoms with Crippen LogP contribution in [0.15, 0.2) is 6.20 Å². The van der Waals surface area contributed by atoms with Crippen LogP contribution in [0.3, 0.4) is 0 Å². The summed E-state index contributed by atoms with van der Waals surface area (Å²) in [4.78, 5) is 41.6. The average Bonchev–Trinajstić information content (AvgIpc) is 3.32. The highest BCUT2D eigenvalue weighted by atomic mass is 16.6. The number of nitrogens with one attached hydrogen (secondary N) is 1. The Morgan fingerprint density at radius 1 is 0.949 bits per heavy atom. The molecule has 39 heavy (non-hydrogen) atoms. The first kappa shape index (κ1) is 32.4. The molecule has 1 unspecified atom stereocenters. The molecule has 2 heterocycles. The lowest BCUT2D eigenvalue weighted by atomic mass is 9.91. The summed E-state index contributed by atoms with van der Waals surface area (Å²) in [7, 11) is 0. The van der Waals surface area contributed by atoms with E-state index in [4.69, 9.17) is 9.47 Å². The largest absolute Gasteiger partial charge is 0.444 e. The van der Waals surface area contributed by atoms with Gasteiger partial charge in [-0.3, -0.25) is 4.79 Å². The number of ether oxygens (including phenoxy) is 2. The van der Waals surface area contributed by atoms with E-state index >= 15 is 0 Å². The second-order valence-electron chi connectivity index (χ2n) is 12.5. The number of carbonyl (C=O) groups excluding carboxylic acids is 3. The van der Waals surface area contributed by atoms with Crippen molar-refractivity contribution in [2.24, 2.45) is 5.92 Å². The van der Waals surface area contributed by atoms with Crippen LogP contribution in [0, 0.1) is 5.92 Å². The topological polar surface area (TPSA) is 119 Å². The molecule has 0 aromatic carbocycles. The van der Waals surface area contributed by atoms with Crippen molar-refractivity contribution >= 4 is 18.1 Å². The van der Waals surface area contributed by atoms with Gasteiger partial charge in [0.2, 0.25) is 5.91 Å². The second kappa shape index (κ2) is 14.0. The van der Waals surface area contributed by atoms with Crippen LogP contribution in [-0.4, -0.2) is 86.8 Å². The molecule has 3 amide bonds. The van der Waals surface area contributed by atoms with Gasteiger partial charge in [0.05, 0.1) is 5.69 Å². The standard InChI is InChI=1S/C28H50N6O5/c1-10-20(2)21(3)22-19-34(31-30-22)23(13-11-12-14-29-25(36)38-27(4,5)6)24(35)32-15-17-33(18-16-32)26(37)39-28(7,8)9/h19-21,23H,10-18H2,1-9H3,(H,29,36)/t20?,21-,23-/m0/s1. The number of alkyl carbamates (subject to hydrolysis) is 1. The fraction of sp³-hybridized carbons (Fsp3) is 0.821. The van der Waals surface area contributed by atoms with Crippen molar-refractivity contribution in [1.29, 1.82) is 0 Å². The predicted molar refractivity (Wildman–Crippen MR) is 149 cm³/mol. The molecule has 0 aliphatic carbocycles. The first-order valence-corrected chi connectivity index (χ1v) is 14.3. The van der Waals surface area contributed by atoms with Crippen molar-refractivity contribution in [3.05, 3.63) is 11.9 Å². The highest BCUT2D eigenvalue weighted by molar-refractivity contribution is 5.80. The Hall–Kier alpha value is -2.85. The summed E-state index contributed by atoms with van der Waals surface area (Å²) in [5, 5.41) is 11.5. The van der Waals surface area contributed by atoms with Crippen molar-refractivity contribution in [2.75, 3.05) is 32.7 Å². The number of hydrogen-bond donors (Lipinski definition) is 1. The number of amides is 3. The maximum atomic E-state index is 13.7. The van der Waals surface area contributed by atoms with E-state index < -0.39 is 23.3 Å². The van der Waals surface area contributed by atoms with Gasteiger partial charge in [-0.2, -0.15) is 0 Å². The first-order chi connectivity index (χ1) is 18.1. The van der Waals surface area contributed by atoms with Crippen LogP contribution >= 0.6 is 0 Å². The minimum Gasteiger partial charge on any atom is -0.444 e. The zero-order valence-electron chi connectivity index (χ0n) is 25.5. The highest BCUT2D eigenvalue weighted by Crippen LogP contribution is 2.26. The van der Waals surface area contributed by atoms with Gasteiger partial charge in [0.15, 0.2) is 0 Å². The smallest absolute Gasteiger partial charge is 0.410 e. The van der Waals surface area contributed by atoms with Crippen LogP contribution in [0.5, 0.6) is 0 Å². The molecule has 0 bridgehead atoms. The maximum Gasteiger partial charge on any atom is 0.410 e. The number of nitrogens with zero attached hydrogens (tertiary/aromatic N) is 5. The molecule has 1 aliphatic rings. The van der Waals surface area contributed by atoms with Gasteiger partial charge in [-0.15, -0.1) is 5.10 Å². The van der Waals surface area contributed by atoms with Gasteiger partial charge in [0.25, 0.3) is 0 Å². The SMILES string of the molecule is CCC(C)[C@H](C)c1cn([C@@H](CCCCNC(=O)OC(C)(C)C)C(=O)N2CCN(C(=O)OC(C)(C)C)CC2)nn1. The molecule has 1 aliphatic heterocycles. The molecule has 11 nitrogen and oxygen atoms in total. The van der Waals surface area contributed by atoms with Gasteiger partial charge in [-0.25, -0.2) is 14.3 Å². The lowest BCUT2D eigenvalue weighted by molar-refractivity contribution is -0.137. The van der Waals surface area contributed by atoms with Gasteiger partial charge in [-0.1, -0.05) is 32.4 Å². The molecule has 3 atom stereocenters. The first-order valence-electron chi connectivity index (χ1n) is 14.3. The van der Waals surface area contributed by atoms with E-state index in [1.54, 1.807) is 14.5 Å². The number of aromatic nitrogens is 3. The Bertz CT molecular complexity index is 943. The van der Waals surface area contributed by atoms with E-state index in [0.717, 1.165) is 12.1 Å². The molecule has 2 rings (SSSR count). The molecule has 1 aromatic rings. The molecular weight excluding hydrogens is 500 g/mol. The van der Waals surface area contributed by atoms with Crippen molar-refractivity contribution in [3.63, 3.8) is 0 Å². The Labute approximate surface area is 233 Å². The minimum absolute atomic E-state index is 0.0356. The van der Waals surface area contributed by atoms with Gasteiger partial charge in [0.1, 0.15) is 17.2 Å². The number of piperazine rings is 1. The summed E-state index contributed by atoms with van der Waals surface area (Å²) < 4.78 is 12.5. The van der Waals surface area contributed by atoms with E-state index in [1.165, 1.54) is 0 Å². The van der Waals surface area contributed by atoms with Crippen LogP contribution in [0.25, 0.3) is 0 Å². The fourth-order valence-electron chi connectivity index (χ4n) is 4.28. The quantitative estimate of drug-likeness (QED) is 0.418. The molecule has 1 N–H and O–H groups in total. The third-order valence-electron chi connectivity index (χ3n) is 6.91. The van der Waals surface area contributed by atoms with E-state index in [9.17, 15) is 14.4 Å². The second-order valence-corrected chi connectivity index (χ2v) is 12.5. The summed E-state index contributed by atoms with van der Waals surface area (Å²) in [6, 6.07) is -0.509. The molecule has 11 heteroatoms. The van der Waals surface area contributed by atoms with E-state index in [2.05, 4.69) is 36.4 Å². The molecule has 1 saturated heterocycles. The summed E-state index contributed by atoms with van der Waals surface area (Å²) >= 11 is 0. The Morgan fingerprint density at radius 3 is 2.10 bits per heavy atom. The van der Waals surface area contributed by atoms with Crippen molar-refractivity contribution in [3.8, 4) is 0 Å². The normalized spacial score (nSPS) is 16.8. The highest BCUT2D eigenvalue weighted by Gasteiger charge is 2.32. The third-order valence-corrected chi connectivity index (χ3v) is 6.91. The van der Waals surface area contributed by atoms with Crippen LogP contribution in [0.1, 0.15) is 106 Å². The monoisotopic (exact) mass is 550 g/mol. The van der Waals surface area contributed by atoms with E-state index in [0.29, 0.717) is 57.9 Å². The van der Waals surface area contributed by atoms with Gasteiger partial charge in [-0.05, 0) is 66.7 Å². The van der Waals surface area contributed by atoms with Gasteiger partial charge < -0.3 is 24.6 Å². The van der Waals surface area contributed by atoms with E-state index in [1.807, 2.05) is 47.7 Å². The van der Waals surface area contributed by atoms with Crippen molar-refractivity contribution in [1.82, 2.24) is 30.1 Å². The zero-order valence-corrected chi connectivity index (χ0v) is 25.5. The van der Waals surface area contributed by atoms with Crippen LogP contribution in [-0.2, 0) is 14.3 Å². The number of hydrogen-bond acceptors (Lipinski definition) is 7. The molecule has 222 valence electrons. The fourth-order valence-corrected chi connectivity index (χ4v) is 4.28. The Morgan fingerprint density at radius 2 is 1.54 bits per heavy atom. The molecular formula is C28H50N6O5. The molecule has 0 spiro atoms. The summed E-state index contributed by atoms with van der Waals surface area (Å²) in [5.74, 6) is 0.644. The molecule has 1 fully saturated rings. The molecule has 0 saturated carbocycles. The summed E-state index contributed by atoms with van der Waals surface area (Å²) in [6.07, 6.45) is 4.09. The lowest BCUT2D eigenvalue weighted by Crippen LogP contribution is -2.53. The molecule has 1 aromatic heterocycles. The zero-order chi connectivity index (χ0) is 29.4. The number of carbonyl (C=O) groups is 3. The summed E-state index contributed by atoms with van der Waals surface area (Å²) in [5.41, 5.74) is -0.236. The lowest BCUT2D eigenvalue weighted by Gasteiger charge is -2.37. The average molecular weight is 551 g/mol. The number of unbranched alkanes of at least 4 members (excludes halogenated alkanes) is 1. The maximum absolute atomic E-state index is 13.7. The number of rotatable bonds is 10. The van der Waals surface area contributed by atoms with Crippen LogP contribution in [0.4, 0.5) is 9.59 Å². The predicted octanol–water partition coefficient (Wildman–Crippen LogP) is 4.74. The van der Waals surface area contributed by atoms with Crippen LogP contribution in [0.2, 0.25) is 0 Å². The Balaban J connectivity index is 2.04. The minimum atomic E-state index is -0.565. The molecule has 0 radical (unpaired) electrons. The van der Waals surface area contributed by atoms with E-state index in [-0.39, 0.29) is 17.9 Å². The van der Waals surface area contributed by atoms with Gasteiger partial charge >= 0.3 is 12.2 Å². The van der Waals surface area contributed by atoms with Gasteiger partial charge in [0, 0.05) is 44.8 Å². The van der Waals surface area contributed by atoms with Crippen molar-refractivity contribution in [2.45, 2.75) is 111 Å². The summed E-state index contributed by atoms with van der Waals surface area (Å²) in [6.45, 7) is 19.6. The Kier molecular flexibility index (Phi) is 11.6. The van der Waals surface area contributed by atoms with Crippen molar-refractivity contribution < 1.29 is 23.9 Å².